The second-order valence-electron chi connectivity index (χ2n) is 2.00. The molecule has 0 aromatic carbocycles. The Bertz CT molecular complexity index is 262. The first-order chi connectivity index (χ1) is 4.74. The molecule has 1 rings (SSSR count). The number of aryl methyl sites for hydroxylation is 1. The quantitative estimate of drug-likeness (QED) is 0.540. The van der Waals surface area contributed by atoms with Crippen LogP contribution in [-0.4, -0.2) is 15.7 Å². The van der Waals surface area contributed by atoms with Gasteiger partial charge in [-0.1, -0.05) is 6.58 Å². The molecule has 0 aliphatic rings. The van der Waals surface area contributed by atoms with Crippen molar-refractivity contribution in [3.63, 3.8) is 0 Å². The number of allylic oxidation sites excluding steroid dienone is 1. The molecule has 10 heavy (non-hydrogen) atoms. The van der Waals surface area contributed by atoms with Crippen molar-refractivity contribution in [3.8, 4) is 0 Å². The van der Waals surface area contributed by atoms with E-state index in [0.717, 1.165) is 5.56 Å². The summed E-state index contributed by atoms with van der Waals surface area (Å²) in [6.07, 6.45) is 4.51. The van der Waals surface area contributed by atoms with E-state index in [-0.39, 0.29) is 5.91 Å². The molecule has 0 aliphatic carbocycles. The van der Waals surface area contributed by atoms with Crippen LogP contribution in [0.4, 0.5) is 0 Å². The molecule has 52 valence electrons. The number of carbonyl (C=O) groups excluding carboxylic acids is 1. The van der Waals surface area contributed by atoms with Crippen molar-refractivity contribution < 1.29 is 4.79 Å². The van der Waals surface area contributed by atoms with Crippen LogP contribution in [0.2, 0.25) is 0 Å². The summed E-state index contributed by atoms with van der Waals surface area (Å²) < 4.78 is 1.25. The lowest BCUT2D eigenvalue weighted by Crippen LogP contribution is -2.06. The molecule has 1 aromatic rings. The lowest BCUT2D eigenvalue weighted by Gasteiger charge is -1.89. The van der Waals surface area contributed by atoms with Gasteiger partial charge in [0.2, 0.25) is 0 Å². The molecule has 0 atom stereocenters. The molecule has 0 bridgehead atoms. The SMILES string of the molecule is C=CC(=O)n1cc(C)cn1. The second-order valence-corrected chi connectivity index (χ2v) is 2.00. The molecule has 0 saturated carbocycles. The third kappa shape index (κ3) is 1.13. The Kier molecular flexibility index (Phi) is 1.67. The zero-order valence-electron chi connectivity index (χ0n) is 5.74. The van der Waals surface area contributed by atoms with Gasteiger partial charge in [0.05, 0.1) is 6.20 Å². The average molecular weight is 136 g/mol. The van der Waals surface area contributed by atoms with Gasteiger partial charge >= 0.3 is 0 Å². The number of hydrogen-bond donors (Lipinski definition) is 0. The van der Waals surface area contributed by atoms with Crippen molar-refractivity contribution in [2.45, 2.75) is 6.92 Å². The van der Waals surface area contributed by atoms with Crippen LogP contribution in [0.25, 0.3) is 0 Å². The minimum absolute atomic E-state index is 0.201. The molecule has 3 heteroatoms. The highest BCUT2D eigenvalue weighted by molar-refractivity contribution is 5.88. The maximum atomic E-state index is 10.8. The lowest BCUT2D eigenvalue weighted by molar-refractivity contribution is 0.0954. The van der Waals surface area contributed by atoms with E-state index in [2.05, 4.69) is 11.7 Å². The largest absolute Gasteiger partial charge is 0.270 e. The minimum Gasteiger partial charge on any atom is -0.267 e. The fourth-order valence-corrected chi connectivity index (χ4v) is 0.627. The normalized spacial score (nSPS) is 9.30. The maximum absolute atomic E-state index is 10.8. The summed E-state index contributed by atoms with van der Waals surface area (Å²) in [7, 11) is 0. The van der Waals surface area contributed by atoms with Crippen LogP contribution in [0.5, 0.6) is 0 Å². The van der Waals surface area contributed by atoms with Gasteiger partial charge in [-0.25, -0.2) is 4.68 Å². The van der Waals surface area contributed by atoms with Crippen molar-refractivity contribution in [1.29, 1.82) is 0 Å². The predicted molar refractivity (Wildman–Crippen MR) is 37.8 cm³/mol. The van der Waals surface area contributed by atoms with Crippen LogP contribution in [0.15, 0.2) is 25.0 Å². The monoisotopic (exact) mass is 136 g/mol. The minimum atomic E-state index is -0.201. The highest BCUT2D eigenvalue weighted by atomic mass is 16.2. The van der Waals surface area contributed by atoms with E-state index >= 15 is 0 Å². The van der Waals surface area contributed by atoms with Gasteiger partial charge in [0.25, 0.3) is 5.91 Å². The Hall–Kier alpha value is -1.38. The van der Waals surface area contributed by atoms with Gasteiger partial charge in [0.15, 0.2) is 0 Å². The summed E-state index contributed by atoms with van der Waals surface area (Å²) in [6, 6.07) is 0. The highest BCUT2D eigenvalue weighted by Gasteiger charge is 1.98. The summed E-state index contributed by atoms with van der Waals surface area (Å²) in [6.45, 7) is 5.21. The van der Waals surface area contributed by atoms with Gasteiger partial charge in [-0.2, -0.15) is 5.10 Å². The lowest BCUT2D eigenvalue weighted by atomic mass is 10.4. The number of nitrogens with zero attached hydrogens (tertiary/aromatic N) is 2. The number of carbonyl (C=O) groups is 1. The van der Waals surface area contributed by atoms with Crippen LogP contribution in [0, 0.1) is 6.92 Å². The molecule has 1 heterocycles. The second kappa shape index (κ2) is 2.47. The molecular weight excluding hydrogens is 128 g/mol. The number of aromatic nitrogens is 2. The Morgan fingerprint density at radius 2 is 2.60 bits per heavy atom. The Morgan fingerprint density at radius 1 is 1.90 bits per heavy atom. The van der Waals surface area contributed by atoms with Crippen LogP contribution in [0.1, 0.15) is 10.4 Å². The smallest absolute Gasteiger partial charge is 0.267 e. The number of rotatable bonds is 1. The fourth-order valence-electron chi connectivity index (χ4n) is 0.627. The molecule has 0 spiro atoms. The molecule has 3 nitrogen and oxygen atoms in total. The molecular formula is C7H8N2O. The summed E-state index contributed by atoms with van der Waals surface area (Å²) >= 11 is 0. The van der Waals surface area contributed by atoms with E-state index < -0.39 is 0 Å². The van der Waals surface area contributed by atoms with E-state index in [4.69, 9.17) is 0 Å². The molecule has 0 unspecified atom stereocenters. The Balaban J connectivity index is 2.95. The van der Waals surface area contributed by atoms with Crippen molar-refractivity contribution in [2.24, 2.45) is 0 Å². The fraction of sp³-hybridized carbons (Fsp3) is 0.143. The van der Waals surface area contributed by atoms with E-state index in [9.17, 15) is 4.79 Å². The van der Waals surface area contributed by atoms with Gasteiger partial charge in [0, 0.05) is 6.20 Å². The van der Waals surface area contributed by atoms with Gasteiger partial charge in [0.1, 0.15) is 0 Å². The standard InChI is InChI=1S/C7H8N2O/c1-3-7(10)9-5-6(2)4-8-9/h3-5H,1H2,2H3. The van der Waals surface area contributed by atoms with E-state index in [1.807, 2.05) is 6.92 Å². The third-order valence-corrected chi connectivity index (χ3v) is 1.11. The van der Waals surface area contributed by atoms with Gasteiger partial charge < -0.3 is 0 Å². The third-order valence-electron chi connectivity index (χ3n) is 1.11. The molecule has 0 aliphatic heterocycles. The van der Waals surface area contributed by atoms with Crippen LogP contribution >= 0.6 is 0 Å². The van der Waals surface area contributed by atoms with E-state index in [1.54, 1.807) is 12.4 Å². The van der Waals surface area contributed by atoms with Gasteiger partial charge in [-0.3, -0.25) is 4.79 Å². The van der Waals surface area contributed by atoms with Crippen molar-refractivity contribution >= 4 is 5.91 Å². The van der Waals surface area contributed by atoms with Crippen LogP contribution in [-0.2, 0) is 0 Å². The van der Waals surface area contributed by atoms with Crippen LogP contribution in [0.3, 0.4) is 0 Å². The molecule has 0 saturated heterocycles. The first-order valence-electron chi connectivity index (χ1n) is 2.92. The van der Waals surface area contributed by atoms with E-state index in [0.29, 0.717) is 0 Å². The maximum Gasteiger partial charge on any atom is 0.270 e. The van der Waals surface area contributed by atoms with Crippen LogP contribution < -0.4 is 0 Å². The zero-order valence-corrected chi connectivity index (χ0v) is 5.74. The summed E-state index contributed by atoms with van der Waals surface area (Å²) in [4.78, 5) is 10.8. The number of hydrogen-bond acceptors (Lipinski definition) is 2. The van der Waals surface area contributed by atoms with E-state index in [1.165, 1.54) is 10.8 Å². The Labute approximate surface area is 59.0 Å². The van der Waals surface area contributed by atoms with Gasteiger partial charge in [-0.15, -0.1) is 0 Å². The summed E-state index contributed by atoms with van der Waals surface area (Å²) in [5, 5.41) is 3.78. The average Bonchev–Trinajstić information content (AvgIpc) is 2.34. The van der Waals surface area contributed by atoms with Crippen molar-refractivity contribution in [3.05, 3.63) is 30.6 Å². The van der Waals surface area contributed by atoms with Crippen molar-refractivity contribution in [1.82, 2.24) is 9.78 Å². The van der Waals surface area contributed by atoms with Crippen molar-refractivity contribution in [2.75, 3.05) is 0 Å². The summed E-state index contributed by atoms with van der Waals surface area (Å²) in [5.74, 6) is -0.201. The highest BCUT2D eigenvalue weighted by Crippen LogP contribution is 1.93. The first-order valence-corrected chi connectivity index (χ1v) is 2.92. The Morgan fingerprint density at radius 3 is 3.00 bits per heavy atom. The molecule has 0 N–H and O–H groups in total. The predicted octanol–water partition coefficient (Wildman–Crippen LogP) is 1.02. The molecule has 0 amide bonds. The first kappa shape index (κ1) is 6.74. The topological polar surface area (TPSA) is 34.9 Å². The zero-order chi connectivity index (χ0) is 7.56. The molecule has 1 aromatic heterocycles. The molecule has 0 fully saturated rings. The van der Waals surface area contributed by atoms with Gasteiger partial charge in [-0.05, 0) is 18.6 Å². The summed E-state index contributed by atoms with van der Waals surface area (Å²) in [5.41, 5.74) is 0.968. The molecule has 0 radical (unpaired) electrons.